The van der Waals surface area contributed by atoms with Crippen LogP contribution in [0.3, 0.4) is 0 Å². The minimum Gasteiger partial charge on any atom is -0.397 e. The summed E-state index contributed by atoms with van der Waals surface area (Å²) in [6.45, 7) is 4.31. The molecule has 2 N–H and O–H groups in total. The molecule has 0 atom stereocenters. The minimum atomic E-state index is 0.121. The molecule has 3 heteroatoms. The van der Waals surface area contributed by atoms with Gasteiger partial charge in [0.05, 0.1) is 11.4 Å². The smallest absolute Gasteiger partial charge is 0.104 e. The monoisotopic (exact) mass is 227 g/mol. The van der Waals surface area contributed by atoms with Crippen molar-refractivity contribution in [3.63, 3.8) is 0 Å². The van der Waals surface area contributed by atoms with Crippen LogP contribution in [-0.4, -0.2) is 0 Å². The quantitative estimate of drug-likeness (QED) is 0.765. The van der Waals surface area contributed by atoms with Crippen LogP contribution in [0.15, 0.2) is 64.1 Å². The normalized spacial score (nSPS) is 18.9. The molecule has 0 radical (unpaired) electrons. The van der Waals surface area contributed by atoms with Crippen molar-refractivity contribution in [3.8, 4) is 0 Å². The van der Waals surface area contributed by atoms with E-state index in [9.17, 15) is 0 Å². The Bertz CT molecular complexity index is 481. The number of allylic oxidation sites excluding steroid dienone is 2. The van der Waals surface area contributed by atoms with Gasteiger partial charge in [-0.25, -0.2) is 0 Å². The number of hydrogen-bond donors (Lipinski definition) is 1. The van der Waals surface area contributed by atoms with Crippen molar-refractivity contribution in [2.45, 2.75) is 20.3 Å². The van der Waals surface area contributed by atoms with E-state index in [0.717, 1.165) is 17.8 Å². The van der Waals surface area contributed by atoms with E-state index in [-0.39, 0.29) is 5.41 Å². The Morgan fingerprint density at radius 2 is 1.82 bits per heavy atom. The molecule has 2 rings (SSSR count). The number of rotatable bonds is 2. The summed E-state index contributed by atoms with van der Waals surface area (Å²) in [7, 11) is 0. The zero-order valence-electron chi connectivity index (χ0n) is 10.2. The molecule has 0 saturated carbocycles. The highest BCUT2D eigenvalue weighted by Crippen LogP contribution is 2.31. The van der Waals surface area contributed by atoms with Gasteiger partial charge < -0.3 is 5.73 Å². The van der Waals surface area contributed by atoms with Crippen LogP contribution < -0.4 is 5.73 Å². The number of benzene rings is 1. The van der Waals surface area contributed by atoms with Gasteiger partial charge in [0.25, 0.3) is 0 Å². The van der Waals surface area contributed by atoms with Gasteiger partial charge in [-0.2, -0.15) is 5.11 Å². The molecule has 1 aliphatic rings. The fourth-order valence-corrected chi connectivity index (χ4v) is 1.74. The Balaban J connectivity index is 2.14. The van der Waals surface area contributed by atoms with E-state index in [1.54, 1.807) is 0 Å². The first kappa shape index (κ1) is 11.6. The van der Waals surface area contributed by atoms with E-state index < -0.39 is 0 Å². The molecular formula is C14H17N3. The Hall–Kier alpha value is -1.90. The average Bonchev–Trinajstić information content (AvgIpc) is 2.28. The van der Waals surface area contributed by atoms with Gasteiger partial charge >= 0.3 is 0 Å². The lowest BCUT2D eigenvalue weighted by molar-refractivity contribution is 0.476. The molecule has 0 spiro atoms. The fourth-order valence-electron chi connectivity index (χ4n) is 1.74. The molecule has 0 bridgehead atoms. The van der Waals surface area contributed by atoms with Crippen LogP contribution >= 0.6 is 0 Å². The van der Waals surface area contributed by atoms with Crippen molar-refractivity contribution in [3.05, 3.63) is 53.9 Å². The maximum atomic E-state index is 5.96. The van der Waals surface area contributed by atoms with Crippen molar-refractivity contribution in [1.82, 2.24) is 0 Å². The zero-order valence-corrected chi connectivity index (χ0v) is 10.2. The fraction of sp³-hybridized carbons (Fsp3) is 0.286. The van der Waals surface area contributed by atoms with Gasteiger partial charge in [0.2, 0.25) is 0 Å². The number of azo groups is 1. The molecule has 0 saturated heterocycles. The van der Waals surface area contributed by atoms with Crippen LogP contribution in [0.5, 0.6) is 0 Å². The number of nitrogens with zero attached hydrogens (tertiary/aromatic N) is 2. The molecule has 1 aliphatic carbocycles. The Morgan fingerprint density at radius 3 is 2.47 bits per heavy atom. The molecule has 0 heterocycles. The summed E-state index contributed by atoms with van der Waals surface area (Å²) in [4.78, 5) is 0. The van der Waals surface area contributed by atoms with Crippen LogP contribution in [0.1, 0.15) is 20.3 Å². The maximum absolute atomic E-state index is 5.96. The van der Waals surface area contributed by atoms with Gasteiger partial charge in [0.15, 0.2) is 0 Å². The van der Waals surface area contributed by atoms with Crippen LogP contribution in [-0.2, 0) is 0 Å². The van der Waals surface area contributed by atoms with Gasteiger partial charge in [-0.3, -0.25) is 0 Å². The topological polar surface area (TPSA) is 50.7 Å². The molecule has 0 aromatic heterocycles. The second-order valence-corrected chi connectivity index (χ2v) is 4.92. The summed E-state index contributed by atoms with van der Waals surface area (Å²) in [6.07, 6.45) is 5.03. The lowest BCUT2D eigenvalue weighted by atomic mass is 9.84. The lowest BCUT2D eigenvalue weighted by Gasteiger charge is -2.23. The molecular weight excluding hydrogens is 210 g/mol. The van der Waals surface area contributed by atoms with Crippen molar-refractivity contribution >= 4 is 5.69 Å². The van der Waals surface area contributed by atoms with Gasteiger partial charge in [0.1, 0.15) is 5.70 Å². The zero-order chi connectivity index (χ0) is 12.3. The van der Waals surface area contributed by atoms with Crippen molar-refractivity contribution in [2.75, 3.05) is 0 Å². The molecule has 0 aliphatic heterocycles. The minimum absolute atomic E-state index is 0.121. The molecule has 88 valence electrons. The predicted octanol–water partition coefficient (Wildman–Crippen LogP) is 3.93. The third-order valence-electron chi connectivity index (χ3n) is 2.69. The molecule has 17 heavy (non-hydrogen) atoms. The van der Waals surface area contributed by atoms with Crippen LogP contribution in [0.4, 0.5) is 5.69 Å². The molecule has 1 aromatic rings. The summed E-state index contributed by atoms with van der Waals surface area (Å²) in [6, 6.07) is 9.65. The molecule has 0 amide bonds. The summed E-state index contributed by atoms with van der Waals surface area (Å²) < 4.78 is 0. The second-order valence-electron chi connectivity index (χ2n) is 4.92. The van der Waals surface area contributed by atoms with Crippen LogP contribution in [0.2, 0.25) is 0 Å². The molecule has 3 nitrogen and oxygen atoms in total. The van der Waals surface area contributed by atoms with Crippen molar-refractivity contribution in [2.24, 2.45) is 21.4 Å². The summed E-state index contributed by atoms with van der Waals surface area (Å²) in [5.74, 6) is 0. The van der Waals surface area contributed by atoms with Gasteiger partial charge in [-0.15, -0.1) is 5.11 Å². The van der Waals surface area contributed by atoms with Gasteiger partial charge in [-0.05, 0) is 24.0 Å². The SMILES string of the molecule is CC1(C)C=C(N)C(N=Nc2ccccc2)=CC1. The number of nitrogens with two attached hydrogens (primary N) is 1. The molecule has 0 fully saturated rings. The van der Waals surface area contributed by atoms with E-state index >= 15 is 0 Å². The third-order valence-corrected chi connectivity index (χ3v) is 2.69. The second kappa shape index (κ2) is 4.53. The van der Waals surface area contributed by atoms with Crippen LogP contribution in [0.25, 0.3) is 0 Å². The first-order chi connectivity index (χ1) is 8.07. The molecule has 0 unspecified atom stereocenters. The first-order valence-electron chi connectivity index (χ1n) is 5.72. The van der Waals surface area contributed by atoms with Crippen molar-refractivity contribution < 1.29 is 0 Å². The summed E-state index contributed by atoms with van der Waals surface area (Å²) in [5.41, 5.74) is 8.40. The average molecular weight is 227 g/mol. The van der Waals surface area contributed by atoms with Crippen molar-refractivity contribution in [1.29, 1.82) is 0 Å². The highest BCUT2D eigenvalue weighted by atomic mass is 15.1. The Labute approximate surface area is 102 Å². The van der Waals surface area contributed by atoms with E-state index in [1.807, 2.05) is 42.5 Å². The lowest BCUT2D eigenvalue weighted by Crippen LogP contribution is -2.15. The predicted molar refractivity (Wildman–Crippen MR) is 69.7 cm³/mol. The highest BCUT2D eigenvalue weighted by molar-refractivity contribution is 5.37. The highest BCUT2D eigenvalue weighted by Gasteiger charge is 2.19. The Morgan fingerprint density at radius 1 is 1.12 bits per heavy atom. The van der Waals surface area contributed by atoms with E-state index in [4.69, 9.17) is 5.73 Å². The van der Waals surface area contributed by atoms with Crippen LogP contribution in [0, 0.1) is 5.41 Å². The standard InChI is InChI=1S/C14H17N3/c1-14(2)9-8-13(12(15)10-14)17-16-11-6-4-3-5-7-11/h3-8,10H,9,15H2,1-2H3. The Kier molecular flexibility index (Phi) is 3.09. The largest absolute Gasteiger partial charge is 0.397 e. The first-order valence-corrected chi connectivity index (χ1v) is 5.72. The maximum Gasteiger partial charge on any atom is 0.104 e. The number of hydrogen-bond acceptors (Lipinski definition) is 3. The van der Waals surface area contributed by atoms with E-state index in [0.29, 0.717) is 5.70 Å². The molecule has 1 aromatic carbocycles. The third kappa shape index (κ3) is 3.03. The van der Waals surface area contributed by atoms with E-state index in [2.05, 4.69) is 24.1 Å². The van der Waals surface area contributed by atoms with Gasteiger partial charge in [-0.1, -0.05) is 44.2 Å². The van der Waals surface area contributed by atoms with E-state index in [1.165, 1.54) is 0 Å². The summed E-state index contributed by atoms with van der Waals surface area (Å²) >= 11 is 0. The van der Waals surface area contributed by atoms with Gasteiger partial charge in [0, 0.05) is 0 Å². The summed E-state index contributed by atoms with van der Waals surface area (Å²) in [5, 5.41) is 8.36.